The van der Waals surface area contributed by atoms with Gasteiger partial charge in [-0.2, -0.15) is 0 Å². The Hall–Kier alpha value is -2.42. The minimum absolute atomic E-state index is 0.00318. The van der Waals surface area contributed by atoms with Crippen molar-refractivity contribution in [3.63, 3.8) is 0 Å². The first-order valence-electron chi connectivity index (χ1n) is 6.91. The lowest BCUT2D eigenvalue weighted by Gasteiger charge is -2.08. The number of Topliss-reactive ketones (excluding diaryl/α,β-unsaturated/α-hetero) is 1. The smallest absolute Gasteiger partial charge is 0.165 e. The highest BCUT2D eigenvalue weighted by Gasteiger charge is 2.09. The van der Waals surface area contributed by atoms with E-state index in [-0.39, 0.29) is 11.7 Å². The molecule has 0 fully saturated rings. The molecule has 0 N–H and O–H groups in total. The summed E-state index contributed by atoms with van der Waals surface area (Å²) in [5.74, 6) is 0.860. The van der Waals surface area contributed by atoms with Crippen LogP contribution in [0, 0.1) is 5.92 Å². The number of carbonyl (C=O) groups is 2. The molecule has 0 aliphatic carbocycles. The van der Waals surface area contributed by atoms with Gasteiger partial charge in [0.1, 0.15) is 18.6 Å². The van der Waals surface area contributed by atoms with Crippen LogP contribution >= 0.6 is 0 Å². The van der Waals surface area contributed by atoms with E-state index in [9.17, 15) is 9.59 Å². The van der Waals surface area contributed by atoms with E-state index < -0.39 is 0 Å². The Kier molecular flexibility index (Phi) is 4.88. The van der Waals surface area contributed by atoms with Gasteiger partial charge in [0.25, 0.3) is 0 Å². The standard InChI is InChI=1S/C18H18O3/c1-13(2)18(20)16-7-3-15(4-8-16)12-21-17-9-5-14(11-19)6-10-17/h3-11,13H,12H2,1-2H3. The maximum atomic E-state index is 11.8. The fourth-order valence-electron chi connectivity index (χ4n) is 1.91. The van der Waals surface area contributed by atoms with Crippen molar-refractivity contribution < 1.29 is 14.3 Å². The second kappa shape index (κ2) is 6.84. The Bertz CT molecular complexity index is 610. The van der Waals surface area contributed by atoms with Gasteiger partial charge in [0.15, 0.2) is 5.78 Å². The molecule has 3 nitrogen and oxygen atoms in total. The van der Waals surface area contributed by atoms with Crippen LogP contribution in [0.5, 0.6) is 5.75 Å². The number of rotatable bonds is 6. The SMILES string of the molecule is CC(C)C(=O)c1ccc(COc2ccc(C=O)cc2)cc1. The maximum Gasteiger partial charge on any atom is 0.165 e. The predicted octanol–water partition coefficient (Wildman–Crippen LogP) is 3.92. The molecule has 0 bridgehead atoms. The third kappa shape index (κ3) is 4.02. The van der Waals surface area contributed by atoms with E-state index in [1.54, 1.807) is 24.3 Å². The lowest BCUT2D eigenvalue weighted by atomic mass is 10.0. The molecule has 0 heterocycles. The molecule has 108 valence electrons. The van der Waals surface area contributed by atoms with Gasteiger partial charge < -0.3 is 4.74 Å². The largest absolute Gasteiger partial charge is 0.489 e. The van der Waals surface area contributed by atoms with Gasteiger partial charge in [0, 0.05) is 17.0 Å². The van der Waals surface area contributed by atoms with Crippen LogP contribution < -0.4 is 4.74 Å². The summed E-state index contributed by atoms with van der Waals surface area (Å²) in [6.07, 6.45) is 0.800. The van der Waals surface area contributed by atoms with Gasteiger partial charge in [-0.25, -0.2) is 0 Å². The van der Waals surface area contributed by atoms with Crippen LogP contribution in [-0.2, 0) is 6.61 Å². The van der Waals surface area contributed by atoms with Crippen molar-refractivity contribution in [3.05, 3.63) is 65.2 Å². The van der Waals surface area contributed by atoms with E-state index >= 15 is 0 Å². The molecule has 21 heavy (non-hydrogen) atoms. The summed E-state index contributed by atoms with van der Waals surface area (Å²) < 4.78 is 5.64. The van der Waals surface area contributed by atoms with Crippen LogP contribution in [0.1, 0.15) is 40.1 Å². The molecule has 0 aromatic heterocycles. The Morgan fingerprint density at radius 3 is 2.19 bits per heavy atom. The fourth-order valence-corrected chi connectivity index (χ4v) is 1.91. The molecule has 0 saturated heterocycles. The minimum atomic E-state index is 0.00318. The molecule has 2 aromatic carbocycles. The predicted molar refractivity (Wildman–Crippen MR) is 81.8 cm³/mol. The van der Waals surface area contributed by atoms with Gasteiger partial charge in [-0.15, -0.1) is 0 Å². The van der Waals surface area contributed by atoms with Gasteiger partial charge in [0.05, 0.1) is 0 Å². The molecule has 2 rings (SSSR count). The van der Waals surface area contributed by atoms with Crippen molar-refractivity contribution in [3.8, 4) is 5.75 Å². The molecule has 0 saturated carbocycles. The van der Waals surface area contributed by atoms with Crippen molar-refractivity contribution >= 4 is 12.1 Å². The van der Waals surface area contributed by atoms with Crippen LogP contribution in [0.15, 0.2) is 48.5 Å². The molecule has 0 unspecified atom stereocenters. The van der Waals surface area contributed by atoms with Crippen molar-refractivity contribution in [1.82, 2.24) is 0 Å². The van der Waals surface area contributed by atoms with Crippen LogP contribution in [0.3, 0.4) is 0 Å². The molecule has 2 aromatic rings. The van der Waals surface area contributed by atoms with Crippen LogP contribution in [0.2, 0.25) is 0 Å². The number of ether oxygens (including phenoxy) is 1. The molecule has 0 aliphatic heterocycles. The second-order valence-electron chi connectivity index (χ2n) is 5.19. The summed E-state index contributed by atoms with van der Waals surface area (Å²) in [7, 11) is 0. The van der Waals surface area contributed by atoms with Gasteiger partial charge in [0.2, 0.25) is 0 Å². The number of aldehydes is 1. The van der Waals surface area contributed by atoms with E-state index in [1.807, 2.05) is 38.1 Å². The second-order valence-corrected chi connectivity index (χ2v) is 5.19. The average Bonchev–Trinajstić information content (AvgIpc) is 2.53. The highest BCUT2D eigenvalue weighted by Crippen LogP contribution is 2.15. The third-order valence-electron chi connectivity index (χ3n) is 3.18. The van der Waals surface area contributed by atoms with E-state index in [1.165, 1.54) is 0 Å². The van der Waals surface area contributed by atoms with Crippen molar-refractivity contribution in [2.24, 2.45) is 5.92 Å². The first-order valence-corrected chi connectivity index (χ1v) is 6.91. The maximum absolute atomic E-state index is 11.8. The monoisotopic (exact) mass is 282 g/mol. The van der Waals surface area contributed by atoms with Gasteiger partial charge in [-0.05, 0) is 29.8 Å². The molecule has 0 atom stereocenters. The van der Waals surface area contributed by atoms with E-state index in [4.69, 9.17) is 4.74 Å². The minimum Gasteiger partial charge on any atom is -0.489 e. The average molecular weight is 282 g/mol. The summed E-state index contributed by atoms with van der Waals surface area (Å²) in [4.78, 5) is 22.4. The van der Waals surface area contributed by atoms with Crippen molar-refractivity contribution in [2.45, 2.75) is 20.5 Å². The van der Waals surface area contributed by atoms with Gasteiger partial charge in [-0.1, -0.05) is 38.1 Å². The molecular weight excluding hydrogens is 264 g/mol. The molecule has 0 spiro atoms. The number of benzene rings is 2. The Morgan fingerprint density at radius 1 is 1.05 bits per heavy atom. The number of hydrogen-bond acceptors (Lipinski definition) is 3. The topological polar surface area (TPSA) is 43.4 Å². The van der Waals surface area contributed by atoms with Gasteiger partial charge >= 0.3 is 0 Å². The summed E-state index contributed by atoms with van der Waals surface area (Å²) in [5.41, 5.74) is 2.35. The van der Waals surface area contributed by atoms with Crippen LogP contribution in [0.4, 0.5) is 0 Å². The Balaban J connectivity index is 1.97. The van der Waals surface area contributed by atoms with E-state index in [0.29, 0.717) is 17.9 Å². The van der Waals surface area contributed by atoms with Crippen LogP contribution in [0.25, 0.3) is 0 Å². The third-order valence-corrected chi connectivity index (χ3v) is 3.18. The normalized spacial score (nSPS) is 10.4. The van der Waals surface area contributed by atoms with Crippen LogP contribution in [-0.4, -0.2) is 12.1 Å². The molecule has 3 heteroatoms. The van der Waals surface area contributed by atoms with Crippen molar-refractivity contribution in [1.29, 1.82) is 0 Å². The molecule has 0 amide bonds. The first kappa shape index (κ1) is 15.0. The summed E-state index contributed by atoms with van der Waals surface area (Å²) in [6.45, 7) is 4.21. The highest BCUT2D eigenvalue weighted by atomic mass is 16.5. The highest BCUT2D eigenvalue weighted by molar-refractivity contribution is 5.97. The summed E-state index contributed by atoms with van der Waals surface area (Å²) in [5, 5.41) is 0. The zero-order valence-corrected chi connectivity index (χ0v) is 12.2. The fraction of sp³-hybridized carbons (Fsp3) is 0.222. The Labute approximate surface area is 124 Å². The number of carbonyl (C=O) groups excluding carboxylic acids is 2. The molecular formula is C18H18O3. The van der Waals surface area contributed by atoms with E-state index in [0.717, 1.165) is 17.4 Å². The lowest BCUT2D eigenvalue weighted by molar-refractivity contribution is 0.0939. The summed E-state index contributed by atoms with van der Waals surface area (Å²) >= 11 is 0. The quantitative estimate of drug-likeness (QED) is 0.596. The molecule has 0 aliphatic rings. The number of hydrogen-bond donors (Lipinski definition) is 0. The number of ketones is 1. The lowest BCUT2D eigenvalue weighted by Crippen LogP contribution is -2.07. The molecule has 0 radical (unpaired) electrons. The zero-order chi connectivity index (χ0) is 15.2. The van der Waals surface area contributed by atoms with Gasteiger partial charge in [-0.3, -0.25) is 9.59 Å². The van der Waals surface area contributed by atoms with E-state index in [2.05, 4.69) is 0 Å². The Morgan fingerprint density at radius 2 is 1.67 bits per heavy atom. The first-order chi connectivity index (χ1) is 10.1. The summed E-state index contributed by atoms with van der Waals surface area (Å²) in [6, 6.07) is 14.4. The van der Waals surface area contributed by atoms with Crippen molar-refractivity contribution in [2.75, 3.05) is 0 Å². The zero-order valence-electron chi connectivity index (χ0n) is 12.2.